The van der Waals surface area contributed by atoms with Gasteiger partial charge in [-0.1, -0.05) is 0 Å². The van der Waals surface area contributed by atoms with Crippen LogP contribution in [0.4, 0.5) is 0 Å². The van der Waals surface area contributed by atoms with E-state index >= 15 is 0 Å². The number of aliphatic hydroxyl groups is 2. The van der Waals surface area contributed by atoms with E-state index < -0.39 is 39.6 Å². The van der Waals surface area contributed by atoms with Gasteiger partial charge in [-0.15, -0.1) is 4.31 Å². The molecular formula is C4H7NO7S. The normalized spacial score (nSPS) is 11.0. The highest BCUT2D eigenvalue weighted by molar-refractivity contribution is 7.84. The molecular weight excluding hydrogens is 206 g/mol. The summed E-state index contributed by atoms with van der Waals surface area (Å²) >= 11 is 0. The molecule has 0 unspecified atom stereocenters. The lowest BCUT2D eigenvalue weighted by Gasteiger charge is -2.13. The number of carbonyl (C=O) groups excluding carboxylic acids is 2. The lowest BCUT2D eigenvalue weighted by atomic mass is 10.6. The number of imide groups is 1. The molecule has 0 fully saturated rings. The van der Waals surface area contributed by atoms with E-state index in [1.807, 2.05) is 0 Å². The standard InChI is InChI=1S/C4H7NO7S/c6-1-3(8)5(4(9)2-7)13(10,11)12/h6-7H,1-2H2,(H,10,11,12). The molecule has 0 aromatic rings. The van der Waals surface area contributed by atoms with Crippen molar-refractivity contribution in [3.8, 4) is 0 Å². The fourth-order valence-electron chi connectivity index (χ4n) is 0.525. The molecule has 76 valence electrons. The molecule has 3 N–H and O–H groups in total. The molecule has 0 saturated heterocycles. The van der Waals surface area contributed by atoms with Crippen molar-refractivity contribution in [3.05, 3.63) is 0 Å². The van der Waals surface area contributed by atoms with Crippen molar-refractivity contribution in [1.29, 1.82) is 0 Å². The lowest BCUT2D eigenvalue weighted by molar-refractivity contribution is -0.142. The van der Waals surface area contributed by atoms with Crippen LogP contribution in [-0.4, -0.2) is 52.5 Å². The lowest BCUT2D eigenvalue weighted by Crippen LogP contribution is -2.44. The van der Waals surface area contributed by atoms with Crippen LogP contribution in [0.25, 0.3) is 0 Å². The van der Waals surface area contributed by atoms with Crippen molar-refractivity contribution in [1.82, 2.24) is 4.31 Å². The van der Waals surface area contributed by atoms with Crippen LogP contribution in [0.1, 0.15) is 0 Å². The summed E-state index contributed by atoms with van der Waals surface area (Å²) in [5.74, 6) is -3.08. The topological polar surface area (TPSA) is 132 Å². The molecule has 0 aromatic carbocycles. The molecule has 0 atom stereocenters. The van der Waals surface area contributed by atoms with Crippen LogP contribution < -0.4 is 0 Å². The number of hydrogen-bond donors (Lipinski definition) is 3. The van der Waals surface area contributed by atoms with Crippen LogP contribution in [0.5, 0.6) is 0 Å². The Labute approximate surface area is 73.3 Å². The van der Waals surface area contributed by atoms with E-state index in [0.29, 0.717) is 0 Å². The van der Waals surface area contributed by atoms with Crippen LogP contribution in [0.3, 0.4) is 0 Å². The average molecular weight is 213 g/mol. The predicted octanol–water partition coefficient (Wildman–Crippen LogP) is -2.87. The summed E-state index contributed by atoms with van der Waals surface area (Å²) in [5, 5.41) is 16.4. The van der Waals surface area contributed by atoms with Crippen molar-refractivity contribution < 1.29 is 32.8 Å². The van der Waals surface area contributed by atoms with Gasteiger partial charge in [0.2, 0.25) is 0 Å². The summed E-state index contributed by atoms with van der Waals surface area (Å²) in [7, 11) is -5.07. The Balaban J connectivity index is 5.00. The van der Waals surface area contributed by atoms with Gasteiger partial charge in [0.25, 0.3) is 11.8 Å². The molecule has 0 aliphatic carbocycles. The van der Waals surface area contributed by atoms with E-state index in [4.69, 9.17) is 14.8 Å². The molecule has 8 nitrogen and oxygen atoms in total. The monoisotopic (exact) mass is 213 g/mol. The number of hydrogen-bond acceptors (Lipinski definition) is 6. The molecule has 0 spiro atoms. The third-order valence-corrected chi connectivity index (χ3v) is 1.82. The second-order valence-corrected chi connectivity index (χ2v) is 3.11. The van der Waals surface area contributed by atoms with E-state index in [2.05, 4.69) is 0 Å². The number of aliphatic hydroxyl groups excluding tert-OH is 2. The zero-order valence-electron chi connectivity index (χ0n) is 6.24. The van der Waals surface area contributed by atoms with Crippen molar-refractivity contribution in [3.63, 3.8) is 0 Å². The zero-order chi connectivity index (χ0) is 10.6. The summed E-state index contributed by atoms with van der Waals surface area (Å²) in [4.78, 5) is 21.1. The molecule has 0 radical (unpaired) electrons. The predicted molar refractivity (Wildman–Crippen MR) is 37.6 cm³/mol. The molecule has 0 rings (SSSR count). The number of carbonyl (C=O) groups is 2. The molecule has 0 heterocycles. The first-order valence-corrected chi connectivity index (χ1v) is 4.29. The van der Waals surface area contributed by atoms with Gasteiger partial charge in [-0.25, -0.2) is 0 Å². The highest BCUT2D eigenvalue weighted by atomic mass is 32.2. The number of amides is 2. The highest BCUT2D eigenvalue weighted by Crippen LogP contribution is 1.98. The van der Waals surface area contributed by atoms with Gasteiger partial charge in [-0.05, 0) is 0 Å². The van der Waals surface area contributed by atoms with E-state index in [9.17, 15) is 18.0 Å². The second-order valence-electron chi connectivity index (χ2n) is 1.85. The molecule has 0 saturated carbocycles. The number of rotatable bonds is 3. The average Bonchev–Trinajstić information content (AvgIpc) is 2.01. The van der Waals surface area contributed by atoms with Gasteiger partial charge in [0.05, 0.1) is 0 Å². The quantitative estimate of drug-likeness (QED) is 0.429. The van der Waals surface area contributed by atoms with E-state index in [1.165, 1.54) is 0 Å². The Hall–Kier alpha value is -1.03. The minimum Gasteiger partial charge on any atom is -0.386 e. The van der Waals surface area contributed by atoms with Crippen LogP contribution in [0, 0.1) is 0 Å². The minimum atomic E-state index is -5.07. The summed E-state index contributed by atoms with van der Waals surface area (Å²) in [6.07, 6.45) is 0. The van der Waals surface area contributed by atoms with Gasteiger partial charge in [-0.3, -0.25) is 14.1 Å². The van der Waals surface area contributed by atoms with Gasteiger partial charge in [0.1, 0.15) is 13.2 Å². The Kier molecular flexibility index (Phi) is 3.94. The van der Waals surface area contributed by atoms with Gasteiger partial charge < -0.3 is 10.2 Å². The van der Waals surface area contributed by atoms with Crippen LogP contribution >= 0.6 is 0 Å². The number of nitrogens with zero attached hydrogens (tertiary/aromatic N) is 1. The fraction of sp³-hybridized carbons (Fsp3) is 0.500. The van der Waals surface area contributed by atoms with Crippen LogP contribution in [0.15, 0.2) is 0 Å². The van der Waals surface area contributed by atoms with Gasteiger partial charge in [0.15, 0.2) is 0 Å². The molecule has 13 heavy (non-hydrogen) atoms. The molecule has 0 bridgehead atoms. The van der Waals surface area contributed by atoms with E-state index in [1.54, 1.807) is 0 Å². The van der Waals surface area contributed by atoms with E-state index in [-0.39, 0.29) is 0 Å². The largest absolute Gasteiger partial charge is 0.386 e. The maximum atomic E-state index is 10.6. The van der Waals surface area contributed by atoms with Crippen molar-refractivity contribution in [2.75, 3.05) is 13.2 Å². The van der Waals surface area contributed by atoms with Crippen molar-refractivity contribution in [2.45, 2.75) is 0 Å². The second kappa shape index (κ2) is 4.28. The Bertz CT molecular complexity index is 290. The maximum absolute atomic E-state index is 10.6. The van der Waals surface area contributed by atoms with Gasteiger partial charge >= 0.3 is 10.3 Å². The molecule has 2 amide bonds. The van der Waals surface area contributed by atoms with Crippen LogP contribution in [-0.2, 0) is 19.9 Å². The van der Waals surface area contributed by atoms with Crippen LogP contribution in [0.2, 0.25) is 0 Å². The smallest absolute Gasteiger partial charge is 0.369 e. The zero-order valence-corrected chi connectivity index (χ0v) is 7.06. The Morgan fingerprint density at radius 3 is 1.54 bits per heavy atom. The Morgan fingerprint density at radius 1 is 1.08 bits per heavy atom. The highest BCUT2D eigenvalue weighted by Gasteiger charge is 2.30. The van der Waals surface area contributed by atoms with Gasteiger partial charge in [0, 0.05) is 0 Å². The first-order chi connectivity index (χ1) is 5.84. The molecule has 0 aliphatic heterocycles. The summed E-state index contributed by atoms with van der Waals surface area (Å²) < 4.78 is 28.4. The maximum Gasteiger partial charge on any atom is 0.369 e. The molecule has 0 aromatic heterocycles. The van der Waals surface area contributed by atoms with Gasteiger partial charge in [-0.2, -0.15) is 8.42 Å². The first-order valence-electron chi connectivity index (χ1n) is 2.89. The van der Waals surface area contributed by atoms with E-state index in [0.717, 1.165) is 0 Å². The molecule has 0 aliphatic rings. The fourth-order valence-corrected chi connectivity index (χ4v) is 1.16. The van der Waals surface area contributed by atoms with Crippen molar-refractivity contribution in [2.24, 2.45) is 0 Å². The Morgan fingerprint density at radius 2 is 1.38 bits per heavy atom. The minimum absolute atomic E-state index is 0.618. The third-order valence-electron chi connectivity index (χ3n) is 0.954. The SMILES string of the molecule is O=C(CO)N(C(=O)CO)S(=O)(=O)O. The third kappa shape index (κ3) is 3.06. The van der Waals surface area contributed by atoms with Crippen molar-refractivity contribution >= 4 is 22.1 Å². The first kappa shape index (κ1) is 12.0. The summed E-state index contributed by atoms with van der Waals surface area (Å²) in [6.45, 7) is -2.54. The summed E-state index contributed by atoms with van der Waals surface area (Å²) in [6, 6.07) is 0. The molecule has 9 heteroatoms. The summed E-state index contributed by atoms with van der Waals surface area (Å²) in [5.41, 5.74) is 0.